The van der Waals surface area contributed by atoms with Crippen LogP contribution < -0.4 is 0 Å². The molecule has 0 bridgehead atoms. The van der Waals surface area contributed by atoms with E-state index in [2.05, 4.69) is 0 Å². The molecule has 7 heteroatoms. The van der Waals surface area contributed by atoms with Crippen molar-refractivity contribution in [1.82, 2.24) is 9.80 Å². The van der Waals surface area contributed by atoms with Gasteiger partial charge in [-0.25, -0.2) is 9.59 Å². The molecule has 0 radical (unpaired) electrons. The van der Waals surface area contributed by atoms with Crippen LogP contribution in [0.1, 0.15) is 67.1 Å². The molecule has 2 amide bonds. The van der Waals surface area contributed by atoms with Crippen LogP contribution in [-0.4, -0.2) is 64.1 Å². The van der Waals surface area contributed by atoms with Gasteiger partial charge in [-0.1, -0.05) is 19.3 Å². The summed E-state index contributed by atoms with van der Waals surface area (Å²) >= 11 is 0. The van der Waals surface area contributed by atoms with Gasteiger partial charge in [0.1, 0.15) is 17.7 Å². The monoisotopic (exact) mass is 369 g/mol. The second-order valence-electron chi connectivity index (χ2n) is 8.32. The van der Waals surface area contributed by atoms with Gasteiger partial charge in [0.25, 0.3) is 0 Å². The van der Waals surface area contributed by atoms with E-state index in [1.807, 2.05) is 0 Å². The number of hydrogen-bond donors (Lipinski definition) is 1. The average molecular weight is 369 g/mol. The van der Waals surface area contributed by atoms with Gasteiger partial charge in [-0.15, -0.1) is 0 Å². The maximum atomic E-state index is 13.4. The first kappa shape index (κ1) is 19.0. The average Bonchev–Trinajstić information content (AvgIpc) is 3.08. The van der Waals surface area contributed by atoms with Gasteiger partial charge >= 0.3 is 12.1 Å². The molecule has 0 aromatic carbocycles. The van der Waals surface area contributed by atoms with Crippen LogP contribution in [0.5, 0.6) is 0 Å². The Morgan fingerprint density at radius 3 is 2.35 bits per heavy atom. The van der Waals surface area contributed by atoms with Crippen LogP contribution in [-0.2, 0) is 14.3 Å². The van der Waals surface area contributed by atoms with Gasteiger partial charge in [-0.3, -0.25) is 9.69 Å². The van der Waals surface area contributed by atoms with E-state index in [1.54, 1.807) is 20.8 Å². The maximum absolute atomic E-state index is 13.4. The van der Waals surface area contributed by atoms with E-state index in [-0.39, 0.29) is 11.8 Å². The lowest BCUT2D eigenvalue weighted by atomic mass is 9.82. The molecule has 2 fully saturated rings. The lowest BCUT2D eigenvalue weighted by molar-refractivity contribution is -0.151. The molecule has 0 spiro atoms. The maximum Gasteiger partial charge on any atom is 0.410 e. The van der Waals surface area contributed by atoms with Crippen LogP contribution in [0.2, 0.25) is 0 Å². The van der Waals surface area contributed by atoms with E-state index in [9.17, 15) is 19.5 Å². The number of nitrogens with zero attached hydrogens (tertiary/aromatic N) is 2. The number of amides is 2. The Bertz CT molecular complexity index is 557. The highest BCUT2D eigenvalue weighted by Gasteiger charge is 2.43. The minimum atomic E-state index is -1.02. The Morgan fingerprint density at radius 1 is 1.15 bits per heavy atom. The van der Waals surface area contributed by atoms with Crippen LogP contribution in [0.4, 0.5) is 4.79 Å². The number of likely N-dealkylation sites (N-methyl/N-ethyl adjacent to an activating group) is 1. The summed E-state index contributed by atoms with van der Waals surface area (Å²) in [6, 6.07) is -1.69. The lowest BCUT2D eigenvalue weighted by Crippen LogP contribution is -2.56. The molecule has 7 nitrogen and oxygen atoms in total. The summed E-state index contributed by atoms with van der Waals surface area (Å²) in [7, 11) is -0.395. The number of rotatable bonds is 4. The quantitative estimate of drug-likeness (QED) is 0.823. The highest BCUT2D eigenvalue weighted by atomic mass is 16.6. The van der Waals surface area contributed by atoms with Gasteiger partial charge in [0.15, 0.2) is 0 Å². The van der Waals surface area contributed by atoms with Gasteiger partial charge < -0.3 is 14.7 Å². The molecule has 1 unspecified atom stereocenters. The van der Waals surface area contributed by atoms with Crippen molar-refractivity contribution in [3.8, 4) is 0 Å². The summed E-state index contributed by atoms with van der Waals surface area (Å²) < 4.78 is 13.3. The van der Waals surface area contributed by atoms with Crippen molar-refractivity contribution in [2.24, 2.45) is 5.92 Å². The first-order valence-electron chi connectivity index (χ1n) is 10.2. The minimum Gasteiger partial charge on any atom is -0.480 e. The second-order valence-corrected chi connectivity index (χ2v) is 8.32. The molecule has 1 saturated heterocycles. The van der Waals surface area contributed by atoms with Crippen molar-refractivity contribution in [1.29, 1.82) is 0 Å². The topological polar surface area (TPSA) is 87.2 Å². The molecule has 0 aromatic rings. The summed E-state index contributed by atoms with van der Waals surface area (Å²) in [5.74, 6) is -1.44. The number of carboxylic acid groups (broad SMARTS) is 1. The van der Waals surface area contributed by atoms with Gasteiger partial charge in [-0.2, -0.15) is 0 Å². The Hall–Kier alpha value is -1.79. The third-order valence-electron chi connectivity index (χ3n) is 5.13. The van der Waals surface area contributed by atoms with Crippen molar-refractivity contribution < 1.29 is 25.6 Å². The van der Waals surface area contributed by atoms with E-state index in [1.165, 1.54) is 9.80 Å². The zero-order valence-corrected chi connectivity index (χ0v) is 16.1. The fraction of sp³-hybridized carbons (Fsp3) is 0.842. The number of likely N-dealkylation sites (tertiary alicyclic amines) is 1. The zero-order valence-electron chi connectivity index (χ0n) is 17.1. The Morgan fingerprint density at radius 2 is 1.81 bits per heavy atom. The molecular formula is C19H32N2O5. The zero-order chi connectivity index (χ0) is 20.2. The van der Waals surface area contributed by atoms with Crippen LogP contribution in [0.25, 0.3) is 0 Å². The molecule has 26 heavy (non-hydrogen) atoms. The van der Waals surface area contributed by atoms with Gasteiger partial charge in [0.05, 0.1) is 0 Å². The number of carboxylic acids is 1. The third kappa shape index (κ3) is 4.89. The summed E-state index contributed by atoms with van der Waals surface area (Å²) in [5, 5.41) is 9.45. The largest absolute Gasteiger partial charge is 0.480 e. The van der Waals surface area contributed by atoms with Crippen molar-refractivity contribution in [2.45, 2.75) is 83.4 Å². The molecule has 2 rings (SSSR count). The van der Waals surface area contributed by atoms with E-state index in [0.717, 1.165) is 32.1 Å². The normalized spacial score (nSPS) is 23.3. The molecule has 1 aliphatic heterocycles. The Kier molecular flexibility index (Phi) is 6.04. The van der Waals surface area contributed by atoms with Gasteiger partial charge in [0.2, 0.25) is 5.91 Å². The predicted octanol–water partition coefficient (Wildman–Crippen LogP) is 2.88. The molecule has 148 valence electrons. The number of hydrogen-bond acceptors (Lipinski definition) is 4. The molecule has 0 aromatic heterocycles. The molecular weight excluding hydrogens is 336 g/mol. The van der Waals surface area contributed by atoms with Crippen molar-refractivity contribution in [3.05, 3.63) is 0 Å². The van der Waals surface area contributed by atoms with Crippen LogP contribution in [0, 0.1) is 5.92 Å². The van der Waals surface area contributed by atoms with Gasteiger partial charge in [0, 0.05) is 14.9 Å². The highest BCUT2D eigenvalue weighted by molar-refractivity contribution is 5.90. The number of ether oxygens (including phenoxy) is 1. The van der Waals surface area contributed by atoms with Crippen molar-refractivity contribution in [3.63, 3.8) is 0 Å². The smallest absolute Gasteiger partial charge is 0.410 e. The lowest BCUT2D eigenvalue weighted by Gasteiger charge is -2.39. The van der Waals surface area contributed by atoms with Crippen LogP contribution in [0.15, 0.2) is 0 Å². The molecule has 1 heterocycles. The SMILES string of the molecule is [2H]CN(C(=O)OC(C)(C)C)C(C(=O)N1CCC[C@H]1C(=O)O)C1CCCCC1. The standard InChI is InChI=1S/C19H32N2O5/c1-19(2,3)26-18(25)20(4)15(13-9-6-5-7-10-13)16(22)21-12-8-11-14(21)17(23)24/h13-15H,5-12H2,1-4H3,(H,23,24)/t14-,15?/m0/s1/i4D. The van der Waals surface area contributed by atoms with E-state index in [0.29, 0.717) is 19.4 Å². The third-order valence-corrected chi connectivity index (χ3v) is 5.13. The van der Waals surface area contributed by atoms with Crippen molar-refractivity contribution >= 4 is 18.0 Å². The molecule has 1 aliphatic carbocycles. The number of carbonyl (C=O) groups excluding carboxylic acids is 2. The summed E-state index contributed by atoms with van der Waals surface area (Å²) in [6.45, 7) is 5.60. The van der Waals surface area contributed by atoms with E-state index in [4.69, 9.17) is 6.11 Å². The van der Waals surface area contributed by atoms with E-state index >= 15 is 0 Å². The second kappa shape index (κ2) is 8.27. The summed E-state index contributed by atoms with van der Waals surface area (Å²) in [4.78, 5) is 40.2. The summed E-state index contributed by atoms with van der Waals surface area (Å²) in [6.07, 6.45) is 4.98. The van der Waals surface area contributed by atoms with Gasteiger partial charge in [-0.05, 0) is 52.4 Å². The Labute approximate surface area is 157 Å². The first-order valence-corrected chi connectivity index (χ1v) is 9.48. The minimum absolute atomic E-state index is 0.0702. The fourth-order valence-electron chi connectivity index (χ4n) is 3.93. The summed E-state index contributed by atoms with van der Waals surface area (Å²) in [5.41, 5.74) is -0.734. The number of aliphatic carboxylic acids is 1. The van der Waals surface area contributed by atoms with E-state index < -0.39 is 36.8 Å². The molecule has 2 atom stereocenters. The van der Waals surface area contributed by atoms with Crippen LogP contribution in [0.3, 0.4) is 0 Å². The highest BCUT2D eigenvalue weighted by Crippen LogP contribution is 2.32. The number of carbonyl (C=O) groups is 3. The fourth-order valence-corrected chi connectivity index (χ4v) is 3.93. The van der Waals surface area contributed by atoms with Crippen molar-refractivity contribution in [2.75, 3.05) is 13.6 Å². The Balaban J connectivity index is 2.30. The molecule has 1 N–H and O–H groups in total. The first-order chi connectivity index (χ1) is 12.7. The predicted molar refractivity (Wildman–Crippen MR) is 96.7 cm³/mol. The molecule has 2 aliphatic rings. The van der Waals surface area contributed by atoms with Crippen LogP contribution >= 0.6 is 0 Å². The molecule has 1 saturated carbocycles.